The minimum Gasteiger partial charge on any atom is -0.311 e. The molecule has 0 radical (unpaired) electrons. The summed E-state index contributed by atoms with van der Waals surface area (Å²) in [6.45, 7) is 0. The molecule has 0 aromatic rings. The first-order chi connectivity index (χ1) is 6.92. The summed E-state index contributed by atoms with van der Waals surface area (Å²) in [7, 11) is 0. The molecule has 2 fully saturated rings. The van der Waals surface area contributed by atoms with Crippen molar-refractivity contribution in [3.63, 3.8) is 0 Å². The molecule has 4 atom stereocenters. The quantitative estimate of drug-likeness (QED) is 0.662. The van der Waals surface area contributed by atoms with Crippen molar-refractivity contribution in [3.05, 3.63) is 12.2 Å². The summed E-state index contributed by atoms with van der Waals surface area (Å²) in [5.74, 6) is 2.11. The summed E-state index contributed by atoms with van der Waals surface area (Å²) in [6, 6.07) is 1.68. The van der Waals surface area contributed by atoms with Crippen molar-refractivity contribution in [1.29, 1.82) is 0 Å². The van der Waals surface area contributed by atoms with Gasteiger partial charge in [-0.3, -0.25) is 0 Å². The smallest absolute Gasteiger partial charge is 0.0107 e. The van der Waals surface area contributed by atoms with Crippen LogP contribution in [0.3, 0.4) is 0 Å². The maximum Gasteiger partial charge on any atom is 0.0107 e. The molecule has 0 heterocycles. The number of nitrogens with one attached hydrogen (secondary N) is 1. The molecular formula is C13H21N. The van der Waals surface area contributed by atoms with Crippen molar-refractivity contribution in [3.8, 4) is 0 Å². The Hall–Kier alpha value is -0.300. The maximum atomic E-state index is 3.90. The number of fused-ring (bicyclic) bond motifs is 2. The molecule has 0 aromatic heterocycles. The summed E-state index contributed by atoms with van der Waals surface area (Å²) in [6.07, 6.45) is 14.6. The van der Waals surface area contributed by atoms with E-state index >= 15 is 0 Å². The van der Waals surface area contributed by atoms with Crippen molar-refractivity contribution in [1.82, 2.24) is 5.32 Å². The van der Waals surface area contributed by atoms with Crippen LogP contribution in [0.2, 0.25) is 0 Å². The van der Waals surface area contributed by atoms with Gasteiger partial charge >= 0.3 is 0 Å². The molecule has 0 amide bonds. The van der Waals surface area contributed by atoms with E-state index in [2.05, 4.69) is 17.5 Å². The Morgan fingerprint density at radius 3 is 2.64 bits per heavy atom. The fourth-order valence-corrected chi connectivity index (χ4v) is 3.70. The van der Waals surface area contributed by atoms with E-state index < -0.39 is 0 Å². The second kappa shape index (κ2) is 3.69. The molecule has 3 aliphatic rings. The lowest BCUT2D eigenvalue weighted by molar-refractivity contribution is 0.307. The highest BCUT2D eigenvalue weighted by molar-refractivity contribution is 4.99. The van der Waals surface area contributed by atoms with Crippen LogP contribution in [0.25, 0.3) is 0 Å². The first-order valence-corrected chi connectivity index (χ1v) is 6.33. The van der Waals surface area contributed by atoms with Crippen molar-refractivity contribution in [2.75, 3.05) is 0 Å². The number of hydrogen-bond acceptors (Lipinski definition) is 1. The summed E-state index contributed by atoms with van der Waals surface area (Å²) in [5.41, 5.74) is 0. The van der Waals surface area contributed by atoms with Crippen LogP contribution in [-0.2, 0) is 0 Å². The van der Waals surface area contributed by atoms with Gasteiger partial charge in [-0.25, -0.2) is 0 Å². The van der Waals surface area contributed by atoms with Crippen molar-refractivity contribution in [2.45, 2.75) is 57.0 Å². The molecule has 0 aliphatic heterocycles. The van der Waals surface area contributed by atoms with Crippen LogP contribution >= 0.6 is 0 Å². The van der Waals surface area contributed by atoms with Gasteiger partial charge < -0.3 is 5.32 Å². The first kappa shape index (κ1) is 8.96. The van der Waals surface area contributed by atoms with Crippen molar-refractivity contribution >= 4 is 0 Å². The Balaban J connectivity index is 1.55. The Morgan fingerprint density at radius 1 is 1.00 bits per heavy atom. The Labute approximate surface area is 87.0 Å². The Kier molecular flexibility index (Phi) is 2.36. The first-order valence-electron chi connectivity index (χ1n) is 6.33. The van der Waals surface area contributed by atoms with E-state index in [1.165, 1.54) is 44.9 Å². The van der Waals surface area contributed by atoms with E-state index in [9.17, 15) is 0 Å². The average Bonchev–Trinajstić information content (AvgIpc) is 2.81. The molecular weight excluding hydrogens is 170 g/mol. The zero-order valence-corrected chi connectivity index (χ0v) is 8.91. The van der Waals surface area contributed by atoms with Gasteiger partial charge in [0.25, 0.3) is 0 Å². The van der Waals surface area contributed by atoms with Crippen LogP contribution in [0, 0.1) is 11.8 Å². The molecule has 1 nitrogen and oxygen atoms in total. The zero-order chi connectivity index (χ0) is 9.38. The highest BCUT2D eigenvalue weighted by Gasteiger charge is 2.39. The molecule has 2 bridgehead atoms. The molecule has 0 saturated heterocycles. The topological polar surface area (TPSA) is 12.0 Å². The highest BCUT2D eigenvalue weighted by Crippen LogP contribution is 2.44. The van der Waals surface area contributed by atoms with Gasteiger partial charge in [-0.1, -0.05) is 18.6 Å². The Morgan fingerprint density at radius 2 is 2.00 bits per heavy atom. The minimum absolute atomic E-state index is 0.796. The van der Waals surface area contributed by atoms with Crippen LogP contribution in [-0.4, -0.2) is 12.1 Å². The third-order valence-electron chi connectivity index (χ3n) is 4.46. The minimum atomic E-state index is 0.796. The third-order valence-corrected chi connectivity index (χ3v) is 4.46. The lowest BCUT2D eigenvalue weighted by atomic mass is 9.93. The lowest BCUT2D eigenvalue weighted by Gasteiger charge is -2.29. The van der Waals surface area contributed by atoms with E-state index in [0.717, 1.165) is 23.9 Å². The molecule has 0 spiro atoms. The van der Waals surface area contributed by atoms with E-state index in [1.54, 1.807) is 0 Å². The molecule has 3 rings (SSSR count). The predicted octanol–water partition coefficient (Wildman–Crippen LogP) is 2.87. The molecule has 0 aromatic carbocycles. The lowest BCUT2D eigenvalue weighted by Crippen LogP contribution is -2.41. The predicted molar refractivity (Wildman–Crippen MR) is 59.2 cm³/mol. The number of hydrogen-bond donors (Lipinski definition) is 1. The van der Waals surface area contributed by atoms with Gasteiger partial charge in [0.1, 0.15) is 0 Å². The normalized spacial score (nSPS) is 46.0. The van der Waals surface area contributed by atoms with Crippen molar-refractivity contribution in [2.24, 2.45) is 11.8 Å². The average molecular weight is 191 g/mol. The second-order valence-corrected chi connectivity index (χ2v) is 5.43. The van der Waals surface area contributed by atoms with Gasteiger partial charge in [0.2, 0.25) is 0 Å². The van der Waals surface area contributed by atoms with Crippen LogP contribution in [0.15, 0.2) is 12.2 Å². The molecule has 78 valence electrons. The van der Waals surface area contributed by atoms with Gasteiger partial charge in [-0.15, -0.1) is 0 Å². The van der Waals surface area contributed by atoms with E-state index in [0.29, 0.717) is 0 Å². The van der Waals surface area contributed by atoms with Crippen LogP contribution in [0.1, 0.15) is 44.9 Å². The standard InChI is InChI=1S/C13H21N/c1-2-4-12(5-3-1)14-13-9-10-6-7-11(13)8-10/h1-2,10-14H,3-9H2. The van der Waals surface area contributed by atoms with Gasteiger partial charge in [0, 0.05) is 12.1 Å². The molecule has 2 saturated carbocycles. The number of rotatable bonds is 2. The summed E-state index contributed by atoms with van der Waals surface area (Å²) in [5, 5.41) is 3.90. The zero-order valence-electron chi connectivity index (χ0n) is 8.91. The summed E-state index contributed by atoms with van der Waals surface area (Å²) < 4.78 is 0. The van der Waals surface area contributed by atoms with Crippen LogP contribution in [0.4, 0.5) is 0 Å². The Bertz CT molecular complexity index is 233. The fourth-order valence-electron chi connectivity index (χ4n) is 3.70. The van der Waals surface area contributed by atoms with Gasteiger partial charge in [0.05, 0.1) is 0 Å². The van der Waals surface area contributed by atoms with Crippen LogP contribution in [0.5, 0.6) is 0 Å². The fraction of sp³-hybridized carbons (Fsp3) is 0.846. The van der Waals surface area contributed by atoms with E-state index in [-0.39, 0.29) is 0 Å². The highest BCUT2D eigenvalue weighted by atomic mass is 15.0. The van der Waals surface area contributed by atoms with Gasteiger partial charge in [0.15, 0.2) is 0 Å². The number of allylic oxidation sites excluding steroid dienone is 1. The summed E-state index contributed by atoms with van der Waals surface area (Å²) in [4.78, 5) is 0. The maximum absolute atomic E-state index is 3.90. The molecule has 3 aliphatic carbocycles. The molecule has 1 N–H and O–H groups in total. The third kappa shape index (κ3) is 1.63. The SMILES string of the molecule is C1=CCC(NC2CC3CCC2C3)CC1. The van der Waals surface area contributed by atoms with Crippen molar-refractivity contribution < 1.29 is 0 Å². The molecule has 1 heteroatoms. The second-order valence-electron chi connectivity index (χ2n) is 5.43. The largest absolute Gasteiger partial charge is 0.311 e. The van der Waals surface area contributed by atoms with E-state index in [4.69, 9.17) is 0 Å². The van der Waals surface area contributed by atoms with Crippen LogP contribution < -0.4 is 5.32 Å². The molecule has 14 heavy (non-hydrogen) atoms. The van der Waals surface area contributed by atoms with Gasteiger partial charge in [-0.2, -0.15) is 0 Å². The monoisotopic (exact) mass is 191 g/mol. The molecule has 4 unspecified atom stereocenters. The van der Waals surface area contributed by atoms with E-state index in [1.807, 2.05) is 0 Å². The summed E-state index contributed by atoms with van der Waals surface area (Å²) >= 11 is 0. The van der Waals surface area contributed by atoms with Gasteiger partial charge in [-0.05, 0) is 50.4 Å².